The minimum atomic E-state index is -0.0451. The molecule has 0 N–H and O–H groups in total. The monoisotopic (exact) mass is 407 g/mol. The summed E-state index contributed by atoms with van der Waals surface area (Å²) in [6, 6.07) is 11.5. The van der Waals surface area contributed by atoms with E-state index in [2.05, 4.69) is 49.3 Å². The Balaban J connectivity index is 1.42. The zero-order chi connectivity index (χ0) is 20.4. The summed E-state index contributed by atoms with van der Waals surface area (Å²) in [5.74, 6) is 3.60. The lowest BCUT2D eigenvalue weighted by atomic mass is 9.38. The Morgan fingerprint density at radius 3 is 2.30 bits per heavy atom. The van der Waals surface area contributed by atoms with Gasteiger partial charge in [0.15, 0.2) is 0 Å². The number of benzene rings is 1. The standard InChI is InChI=1S/C28H41NO/c1-29(2)18-23-17-28(30-19-23,25-10-4-3-5-11-25)27-15-21-12-22(16-27)14-26(13-21,20-27)24-8-6-7-9-24/h3-5,10-11,21-24H,6-9,12-20H2,1-2H3. The van der Waals surface area contributed by atoms with Crippen molar-refractivity contribution in [2.24, 2.45) is 34.5 Å². The lowest BCUT2D eigenvalue weighted by molar-refractivity contribution is -0.226. The third-order valence-corrected chi connectivity index (χ3v) is 10.2. The molecule has 1 aliphatic heterocycles. The molecule has 30 heavy (non-hydrogen) atoms. The van der Waals surface area contributed by atoms with Crippen molar-refractivity contribution in [1.29, 1.82) is 0 Å². The zero-order valence-corrected chi connectivity index (χ0v) is 19.2. The first kappa shape index (κ1) is 19.8. The molecular formula is C28H41NO. The van der Waals surface area contributed by atoms with Crippen LogP contribution < -0.4 is 0 Å². The SMILES string of the molecule is CN(C)CC1COC(c2ccccc2)(C23CC4CC(CC(C5CCCC5)(C4)C2)C3)C1. The fourth-order valence-corrected chi connectivity index (χ4v) is 9.82. The highest BCUT2D eigenvalue weighted by atomic mass is 16.5. The maximum Gasteiger partial charge on any atom is 0.0991 e. The Morgan fingerprint density at radius 2 is 1.63 bits per heavy atom. The quantitative estimate of drug-likeness (QED) is 0.571. The number of hydrogen-bond acceptors (Lipinski definition) is 2. The molecule has 1 saturated heterocycles. The number of ether oxygens (including phenoxy) is 1. The summed E-state index contributed by atoms with van der Waals surface area (Å²) >= 11 is 0. The average Bonchev–Trinajstić information content (AvgIpc) is 3.39. The molecule has 164 valence electrons. The van der Waals surface area contributed by atoms with E-state index in [0.29, 0.717) is 16.7 Å². The second kappa shape index (κ2) is 7.07. The molecule has 1 aromatic rings. The summed E-state index contributed by atoms with van der Waals surface area (Å²) in [6.45, 7) is 2.10. The van der Waals surface area contributed by atoms with Gasteiger partial charge in [-0.1, -0.05) is 43.2 Å². The smallest absolute Gasteiger partial charge is 0.0991 e. The van der Waals surface area contributed by atoms with Crippen LogP contribution in [0, 0.1) is 34.5 Å². The van der Waals surface area contributed by atoms with Crippen LogP contribution in [0.5, 0.6) is 0 Å². The van der Waals surface area contributed by atoms with Gasteiger partial charge in [0.25, 0.3) is 0 Å². The van der Waals surface area contributed by atoms with E-state index in [-0.39, 0.29) is 5.60 Å². The largest absolute Gasteiger partial charge is 0.369 e. The molecule has 5 aliphatic carbocycles. The van der Waals surface area contributed by atoms with Gasteiger partial charge >= 0.3 is 0 Å². The van der Waals surface area contributed by atoms with Crippen LogP contribution >= 0.6 is 0 Å². The van der Waals surface area contributed by atoms with E-state index >= 15 is 0 Å². The topological polar surface area (TPSA) is 12.5 Å². The summed E-state index contributed by atoms with van der Waals surface area (Å²) in [6.07, 6.45) is 16.2. The van der Waals surface area contributed by atoms with Crippen LogP contribution in [0.25, 0.3) is 0 Å². The molecule has 1 heterocycles. The molecule has 0 aromatic heterocycles. The van der Waals surface area contributed by atoms with Crippen molar-refractivity contribution in [3.8, 4) is 0 Å². The fraction of sp³-hybridized carbons (Fsp3) is 0.786. The van der Waals surface area contributed by atoms with Crippen molar-refractivity contribution in [3.05, 3.63) is 35.9 Å². The zero-order valence-electron chi connectivity index (χ0n) is 19.2. The molecule has 6 aliphatic rings. The Kier molecular flexibility index (Phi) is 4.67. The molecule has 4 bridgehead atoms. The third-order valence-electron chi connectivity index (χ3n) is 10.2. The molecule has 6 fully saturated rings. The van der Waals surface area contributed by atoms with Gasteiger partial charge in [0.05, 0.1) is 12.2 Å². The Bertz CT molecular complexity index is 752. The lowest BCUT2D eigenvalue weighted by Gasteiger charge is -2.68. The van der Waals surface area contributed by atoms with E-state index in [0.717, 1.165) is 30.9 Å². The molecule has 4 unspecified atom stereocenters. The first-order valence-electron chi connectivity index (χ1n) is 12.9. The molecule has 5 saturated carbocycles. The second-order valence-corrected chi connectivity index (χ2v) is 12.4. The van der Waals surface area contributed by atoms with Crippen LogP contribution in [0.4, 0.5) is 0 Å². The van der Waals surface area contributed by atoms with E-state index in [1.165, 1.54) is 63.4 Å². The van der Waals surface area contributed by atoms with Crippen molar-refractivity contribution < 1.29 is 4.74 Å². The number of hydrogen-bond donors (Lipinski definition) is 0. The Morgan fingerprint density at radius 1 is 0.933 bits per heavy atom. The van der Waals surface area contributed by atoms with Gasteiger partial charge in [0, 0.05) is 12.0 Å². The summed E-state index contributed by atoms with van der Waals surface area (Å²) in [4.78, 5) is 2.37. The summed E-state index contributed by atoms with van der Waals surface area (Å²) < 4.78 is 7.11. The predicted octanol–water partition coefficient (Wildman–Crippen LogP) is 6.26. The van der Waals surface area contributed by atoms with E-state index in [9.17, 15) is 0 Å². The lowest BCUT2D eigenvalue weighted by Crippen LogP contribution is -2.61. The minimum Gasteiger partial charge on any atom is -0.369 e. The third kappa shape index (κ3) is 2.89. The van der Waals surface area contributed by atoms with E-state index in [1.54, 1.807) is 12.8 Å². The van der Waals surface area contributed by atoms with Gasteiger partial charge in [-0.25, -0.2) is 0 Å². The molecule has 2 nitrogen and oxygen atoms in total. The van der Waals surface area contributed by atoms with E-state index in [4.69, 9.17) is 4.74 Å². The van der Waals surface area contributed by atoms with Gasteiger partial charge in [0.1, 0.15) is 0 Å². The van der Waals surface area contributed by atoms with Crippen LogP contribution in [0.2, 0.25) is 0 Å². The molecular weight excluding hydrogens is 366 g/mol. The minimum absolute atomic E-state index is 0.0451. The summed E-state index contributed by atoms with van der Waals surface area (Å²) in [5.41, 5.74) is 2.47. The molecule has 4 atom stereocenters. The normalized spacial score (nSPS) is 45.6. The molecule has 0 spiro atoms. The van der Waals surface area contributed by atoms with Crippen molar-refractivity contribution >= 4 is 0 Å². The van der Waals surface area contributed by atoms with Crippen molar-refractivity contribution in [3.63, 3.8) is 0 Å². The predicted molar refractivity (Wildman–Crippen MR) is 122 cm³/mol. The molecule has 2 heteroatoms. The molecule has 0 amide bonds. The van der Waals surface area contributed by atoms with Crippen LogP contribution in [-0.4, -0.2) is 32.1 Å². The average molecular weight is 408 g/mol. The Hall–Kier alpha value is -0.860. The van der Waals surface area contributed by atoms with Crippen LogP contribution in [0.15, 0.2) is 30.3 Å². The molecule has 7 rings (SSSR count). The number of rotatable bonds is 5. The first-order chi connectivity index (χ1) is 14.5. The van der Waals surface area contributed by atoms with Gasteiger partial charge in [-0.3, -0.25) is 0 Å². The van der Waals surface area contributed by atoms with Gasteiger partial charge in [-0.15, -0.1) is 0 Å². The first-order valence-corrected chi connectivity index (χ1v) is 12.9. The highest BCUT2D eigenvalue weighted by molar-refractivity contribution is 5.30. The maximum atomic E-state index is 7.11. The highest BCUT2D eigenvalue weighted by Gasteiger charge is 2.68. The van der Waals surface area contributed by atoms with E-state index in [1.807, 2.05) is 0 Å². The van der Waals surface area contributed by atoms with Gasteiger partial charge < -0.3 is 9.64 Å². The van der Waals surface area contributed by atoms with Crippen molar-refractivity contribution in [2.75, 3.05) is 27.2 Å². The summed E-state index contributed by atoms with van der Waals surface area (Å²) in [7, 11) is 4.45. The van der Waals surface area contributed by atoms with E-state index < -0.39 is 0 Å². The van der Waals surface area contributed by atoms with Crippen LogP contribution in [0.3, 0.4) is 0 Å². The Labute approximate surface area is 183 Å². The molecule has 1 aromatic carbocycles. The van der Waals surface area contributed by atoms with Gasteiger partial charge in [-0.2, -0.15) is 0 Å². The van der Waals surface area contributed by atoms with Gasteiger partial charge in [-0.05, 0) is 107 Å². The maximum absolute atomic E-state index is 7.11. The fourth-order valence-electron chi connectivity index (χ4n) is 9.82. The van der Waals surface area contributed by atoms with Crippen molar-refractivity contribution in [1.82, 2.24) is 4.90 Å². The second-order valence-electron chi connectivity index (χ2n) is 12.4. The van der Waals surface area contributed by atoms with Crippen LogP contribution in [0.1, 0.15) is 76.2 Å². The highest BCUT2D eigenvalue weighted by Crippen LogP contribution is 2.74. The van der Waals surface area contributed by atoms with Crippen LogP contribution in [-0.2, 0) is 10.3 Å². The van der Waals surface area contributed by atoms with Crippen molar-refractivity contribution in [2.45, 2.75) is 76.2 Å². The number of nitrogens with zero attached hydrogens (tertiary/aromatic N) is 1. The van der Waals surface area contributed by atoms with Gasteiger partial charge in [0.2, 0.25) is 0 Å². The summed E-state index contributed by atoms with van der Waals surface area (Å²) in [5, 5.41) is 0. The molecule has 0 radical (unpaired) electrons.